The van der Waals surface area contributed by atoms with Gasteiger partial charge in [0.25, 0.3) is 0 Å². The van der Waals surface area contributed by atoms with Crippen LogP contribution in [0, 0.1) is 5.82 Å². The minimum Gasteiger partial charge on any atom is -0.454 e. The summed E-state index contributed by atoms with van der Waals surface area (Å²) in [6, 6.07) is 5.54. The van der Waals surface area contributed by atoms with Crippen LogP contribution >= 0.6 is 0 Å². The molecule has 0 amide bonds. The summed E-state index contributed by atoms with van der Waals surface area (Å²) in [5.41, 5.74) is 1.38. The highest BCUT2D eigenvalue weighted by Gasteiger charge is 2.17. The Bertz CT molecular complexity index is 663. The Morgan fingerprint density at radius 2 is 2.10 bits per heavy atom. The number of hydrogen-bond acceptors (Lipinski definition) is 5. The smallest absolute Gasteiger partial charge is 0.231 e. The first-order valence-corrected chi connectivity index (χ1v) is 6.84. The van der Waals surface area contributed by atoms with E-state index in [-0.39, 0.29) is 18.7 Å². The fourth-order valence-electron chi connectivity index (χ4n) is 2.22. The number of nitrogens with zero attached hydrogens (tertiary/aromatic N) is 2. The summed E-state index contributed by atoms with van der Waals surface area (Å²) >= 11 is 0. The van der Waals surface area contributed by atoms with Crippen LogP contribution in [0.4, 0.5) is 10.2 Å². The van der Waals surface area contributed by atoms with Gasteiger partial charge in [0.15, 0.2) is 23.1 Å². The number of hydrogen-bond donors (Lipinski definition) is 1. The van der Waals surface area contributed by atoms with Crippen LogP contribution in [0.25, 0.3) is 0 Å². The van der Waals surface area contributed by atoms with Crippen molar-refractivity contribution in [2.45, 2.75) is 26.3 Å². The van der Waals surface area contributed by atoms with E-state index in [1.807, 2.05) is 32.0 Å². The van der Waals surface area contributed by atoms with Crippen LogP contribution in [0.3, 0.4) is 0 Å². The molecule has 0 saturated carbocycles. The number of ether oxygens (including phenoxy) is 2. The predicted octanol–water partition coefficient (Wildman–Crippen LogP) is 3.08. The van der Waals surface area contributed by atoms with Gasteiger partial charge in [-0.1, -0.05) is 13.0 Å². The first-order chi connectivity index (χ1) is 10.2. The molecule has 0 spiro atoms. The Hall–Kier alpha value is -2.37. The molecule has 1 aliphatic rings. The molecule has 110 valence electrons. The van der Waals surface area contributed by atoms with Crippen molar-refractivity contribution in [2.75, 3.05) is 12.1 Å². The van der Waals surface area contributed by atoms with E-state index in [4.69, 9.17) is 9.47 Å². The molecular weight excluding hydrogens is 273 g/mol. The van der Waals surface area contributed by atoms with Crippen LogP contribution < -0.4 is 14.8 Å². The molecular formula is C15H16FN3O2. The molecule has 3 rings (SSSR count). The minimum atomic E-state index is -0.396. The molecule has 6 heteroatoms. The Morgan fingerprint density at radius 1 is 1.29 bits per heavy atom. The second kappa shape index (κ2) is 5.55. The van der Waals surface area contributed by atoms with Gasteiger partial charge in [0.2, 0.25) is 6.79 Å². The van der Waals surface area contributed by atoms with E-state index in [1.165, 1.54) is 6.33 Å². The molecule has 0 radical (unpaired) electrons. The van der Waals surface area contributed by atoms with Gasteiger partial charge in [-0.2, -0.15) is 0 Å². The van der Waals surface area contributed by atoms with E-state index in [1.54, 1.807) is 0 Å². The highest BCUT2D eigenvalue weighted by molar-refractivity contribution is 5.47. The Labute approximate surface area is 122 Å². The number of aryl methyl sites for hydroxylation is 1. The van der Waals surface area contributed by atoms with Crippen molar-refractivity contribution in [2.24, 2.45) is 0 Å². The van der Waals surface area contributed by atoms with E-state index in [0.29, 0.717) is 17.9 Å². The molecule has 0 fully saturated rings. The zero-order valence-electron chi connectivity index (χ0n) is 11.9. The summed E-state index contributed by atoms with van der Waals surface area (Å²) in [6.07, 6.45) is 1.90. The first-order valence-electron chi connectivity index (χ1n) is 6.84. The van der Waals surface area contributed by atoms with Gasteiger partial charge in [-0.3, -0.25) is 0 Å². The van der Waals surface area contributed by atoms with Crippen LogP contribution in [0.15, 0.2) is 24.5 Å². The summed E-state index contributed by atoms with van der Waals surface area (Å²) in [6.45, 7) is 4.03. The lowest BCUT2D eigenvalue weighted by Gasteiger charge is -2.16. The number of benzene rings is 1. The molecule has 1 aromatic heterocycles. The average Bonchev–Trinajstić information content (AvgIpc) is 2.96. The maximum atomic E-state index is 14.1. The van der Waals surface area contributed by atoms with Gasteiger partial charge in [0.1, 0.15) is 6.33 Å². The third-order valence-electron chi connectivity index (χ3n) is 3.45. The van der Waals surface area contributed by atoms with E-state index in [2.05, 4.69) is 15.3 Å². The van der Waals surface area contributed by atoms with Crippen molar-refractivity contribution in [1.29, 1.82) is 0 Å². The lowest BCUT2D eigenvalue weighted by atomic mass is 10.1. The van der Waals surface area contributed by atoms with Crippen molar-refractivity contribution >= 4 is 5.82 Å². The molecule has 2 aromatic rings. The van der Waals surface area contributed by atoms with Gasteiger partial charge in [0, 0.05) is 0 Å². The zero-order valence-corrected chi connectivity index (χ0v) is 11.9. The van der Waals surface area contributed by atoms with Crippen LogP contribution in [0.5, 0.6) is 11.5 Å². The third kappa shape index (κ3) is 2.61. The lowest BCUT2D eigenvalue weighted by molar-refractivity contribution is 0.174. The number of rotatable bonds is 4. The zero-order chi connectivity index (χ0) is 14.8. The number of aromatic nitrogens is 2. The second-order valence-electron chi connectivity index (χ2n) is 4.82. The van der Waals surface area contributed by atoms with Gasteiger partial charge in [0.05, 0.1) is 11.7 Å². The maximum Gasteiger partial charge on any atom is 0.231 e. The Balaban J connectivity index is 1.82. The van der Waals surface area contributed by atoms with Gasteiger partial charge < -0.3 is 14.8 Å². The molecule has 1 atom stereocenters. The van der Waals surface area contributed by atoms with Crippen molar-refractivity contribution < 1.29 is 13.9 Å². The average molecular weight is 289 g/mol. The maximum absolute atomic E-state index is 14.1. The molecule has 1 aliphatic heterocycles. The summed E-state index contributed by atoms with van der Waals surface area (Å²) in [4.78, 5) is 7.89. The first kappa shape index (κ1) is 13.6. The molecule has 0 saturated heterocycles. The number of anilines is 1. The standard InChI is InChI=1S/C15H16FN3O2/c1-3-11-14(16)15(18-7-17-11)19-9(2)10-4-5-12-13(6-10)21-8-20-12/h4-7,9H,3,8H2,1-2H3,(H,17,18,19). The molecule has 2 heterocycles. The summed E-state index contributed by atoms with van der Waals surface area (Å²) in [5.74, 6) is 1.26. The normalized spacial score (nSPS) is 14.0. The van der Waals surface area contributed by atoms with Gasteiger partial charge >= 0.3 is 0 Å². The van der Waals surface area contributed by atoms with Crippen molar-refractivity contribution in [3.05, 3.63) is 41.6 Å². The van der Waals surface area contributed by atoms with Crippen molar-refractivity contribution in [3.63, 3.8) is 0 Å². The summed E-state index contributed by atoms with van der Waals surface area (Å²) < 4.78 is 24.8. The quantitative estimate of drug-likeness (QED) is 0.937. The number of nitrogens with one attached hydrogen (secondary N) is 1. The number of halogens is 1. The monoisotopic (exact) mass is 289 g/mol. The van der Waals surface area contributed by atoms with E-state index < -0.39 is 5.82 Å². The topological polar surface area (TPSA) is 56.3 Å². The number of fused-ring (bicyclic) bond motifs is 1. The van der Waals surface area contributed by atoms with E-state index in [0.717, 1.165) is 11.3 Å². The Kier molecular flexibility index (Phi) is 3.60. The van der Waals surface area contributed by atoms with Crippen LogP contribution in [-0.2, 0) is 6.42 Å². The molecule has 0 bridgehead atoms. The molecule has 1 unspecified atom stereocenters. The summed E-state index contributed by atoms with van der Waals surface area (Å²) in [7, 11) is 0. The van der Waals surface area contributed by atoms with Crippen LogP contribution in [0.1, 0.15) is 31.1 Å². The molecule has 1 N–H and O–H groups in total. The second-order valence-corrected chi connectivity index (χ2v) is 4.82. The van der Waals surface area contributed by atoms with E-state index in [9.17, 15) is 4.39 Å². The molecule has 21 heavy (non-hydrogen) atoms. The highest BCUT2D eigenvalue weighted by Crippen LogP contribution is 2.34. The molecule has 1 aromatic carbocycles. The van der Waals surface area contributed by atoms with E-state index >= 15 is 0 Å². The molecule has 0 aliphatic carbocycles. The predicted molar refractivity (Wildman–Crippen MR) is 76.0 cm³/mol. The minimum absolute atomic E-state index is 0.117. The van der Waals surface area contributed by atoms with Crippen LogP contribution in [-0.4, -0.2) is 16.8 Å². The Morgan fingerprint density at radius 3 is 2.90 bits per heavy atom. The lowest BCUT2D eigenvalue weighted by Crippen LogP contribution is -2.11. The van der Waals surface area contributed by atoms with Gasteiger partial charge in [-0.15, -0.1) is 0 Å². The third-order valence-corrected chi connectivity index (χ3v) is 3.45. The summed E-state index contributed by atoms with van der Waals surface area (Å²) in [5, 5.41) is 3.07. The van der Waals surface area contributed by atoms with Gasteiger partial charge in [-0.05, 0) is 31.0 Å². The van der Waals surface area contributed by atoms with Crippen LogP contribution in [0.2, 0.25) is 0 Å². The largest absolute Gasteiger partial charge is 0.454 e. The fraction of sp³-hybridized carbons (Fsp3) is 0.333. The molecule has 5 nitrogen and oxygen atoms in total. The SMILES string of the molecule is CCc1ncnc(NC(C)c2ccc3c(c2)OCO3)c1F. The fourth-order valence-corrected chi connectivity index (χ4v) is 2.22. The highest BCUT2D eigenvalue weighted by atomic mass is 19.1. The van der Waals surface area contributed by atoms with Crippen molar-refractivity contribution in [1.82, 2.24) is 9.97 Å². The van der Waals surface area contributed by atoms with Gasteiger partial charge in [-0.25, -0.2) is 14.4 Å². The van der Waals surface area contributed by atoms with Crippen molar-refractivity contribution in [3.8, 4) is 11.5 Å².